The Bertz CT molecular complexity index is 895. The number of Topliss-reactive ketones (excluding diaryl/α,β-unsaturated/α-hetero) is 1. The number of hydrogen-bond donors (Lipinski definition) is 0. The minimum absolute atomic E-state index is 0.0202. The van der Waals surface area contributed by atoms with Crippen LogP contribution < -0.4 is 4.90 Å². The van der Waals surface area contributed by atoms with E-state index in [-0.39, 0.29) is 11.7 Å². The zero-order valence-electron chi connectivity index (χ0n) is 15.9. The summed E-state index contributed by atoms with van der Waals surface area (Å²) in [6.07, 6.45) is -1.46. The first-order valence-electron chi connectivity index (χ1n) is 9.24. The molecule has 0 radical (unpaired) electrons. The Balaban J connectivity index is 1.54. The van der Waals surface area contributed by atoms with E-state index in [1.54, 1.807) is 17.0 Å². The molecule has 7 heteroatoms. The number of ketones is 1. The lowest BCUT2D eigenvalue weighted by atomic mass is 10.1. The van der Waals surface area contributed by atoms with Crippen LogP contribution in [0.15, 0.2) is 54.6 Å². The molecule has 0 aliphatic carbocycles. The second-order valence-corrected chi connectivity index (χ2v) is 6.87. The van der Waals surface area contributed by atoms with Gasteiger partial charge in [0, 0.05) is 43.5 Å². The number of carbonyl (C=O) groups excluding carboxylic acids is 2. The topological polar surface area (TPSA) is 40.6 Å². The summed E-state index contributed by atoms with van der Waals surface area (Å²) in [5.41, 5.74) is 1.49. The van der Waals surface area contributed by atoms with E-state index >= 15 is 0 Å². The van der Waals surface area contributed by atoms with E-state index in [1.165, 1.54) is 31.2 Å². The molecule has 1 aliphatic rings. The monoisotopic (exact) mass is 402 g/mol. The standard InChI is InChI=1S/C22H21F3N2O2/c1-16(28)18-5-9-20(10-6-18)26-12-14-27(15-13-26)21(29)11-4-17-2-7-19(8-3-17)22(23,24)25/h2-11H,12-15H2,1H3/b11-4+. The second kappa shape index (κ2) is 8.51. The number of benzene rings is 2. The molecule has 1 aliphatic heterocycles. The summed E-state index contributed by atoms with van der Waals surface area (Å²) in [5, 5.41) is 0. The maximum Gasteiger partial charge on any atom is 0.416 e. The first-order chi connectivity index (χ1) is 13.7. The van der Waals surface area contributed by atoms with Crippen molar-refractivity contribution in [2.45, 2.75) is 13.1 Å². The molecule has 4 nitrogen and oxygen atoms in total. The van der Waals surface area contributed by atoms with Crippen LogP contribution >= 0.6 is 0 Å². The van der Waals surface area contributed by atoms with Gasteiger partial charge in [0.05, 0.1) is 5.56 Å². The van der Waals surface area contributed by atoms with Gasteiger partial charge in [-0.2, -0.15) is 13.2 Å². The summed E-state index contributed by atoms with van der Waals surface area (Å²) in [5.74, 6) is -0.150. The normalized spacial score (nSPS) is 15.0. The Hall–Kier alpha value is -3.09. The fourth-order valence-corrected chi connectivity index (χ4v) is 3.15. The van der Waals surface area contributed by atoms with Gasteiger partial charge < -0.3 is 9.80 Å². The summed E-state index contributed by atoms with van der Waals surface area (Å²) in [6, 6.07) is 12.1. The molecule has 2 aromatic carbocycles. The highest BCUT2D eigenvalue weighted by molar-refractivity contribution is 5.94. The Kier molecular flexibility index (Phi) is 6.06. The van der Waals surface area contributed by atoms with E-state index in [0.717, 1.165) is 17.8 Å². The molecule has 0 unspecified atom stereocenters. The predicted molar refractivity (Wildman–Crippen MR) is 106 cm³/mol. The first kappa shape index (κ1) is 20.6. The van der Waals surface area contributed by atoms with Crippen molar-refractivity contribution in [3.63, 3.8) is 0 Å². The average Bonchev–Trinajstić information content (AvgIpc) is 2.72. The van der Waals surface area contributed by atoms with Gasteiger partial charge in [-0.05, 0) is 55.0 Å². The predicted octanol–water partition coefficient (Wildman–Crippen LogP) is 4.27. The first-order valence-corrected chi connectivity index (χ1v) is 9.24. The number of piperazine rings is 1. The maximum absolute atomic E-state index is 12.6. The van der Waals surface area contributed by atoms with Crippen LogP contribution in [-0.2, 0) is 11.0 Å². The molecule has 0 aromatic heterocycles. The number of halogens is 3. The fourth-order valence-electron chi connectivity index (χ4n) is 3.15. The minimum atomic E-state index is -4.37. The van der Waals surface area contributed by atoms with Gasteiger partial charge >= 0.3 is 6.18 Å². The number of nitrogens with zero attached hydrogens (tertiary/aromatic N) is 2. The van der Waals surface area contributed by atoms with E-state index in [9.17, 15) is 22.8 Å². The Labute approximate surface area is 167 Å². The van der Waals surface area contributed by atoms with Crippen LogP contribution in [0.2, 0.25) is 0 Å². The number of anilines is 1. The highest BCUT2D eigenvalue weighted by Crippen LogP contribution is 2.29. The number of alkyl halides is 3. The third-order valence-electron chi connectivity index (χ3n) is 4.89. The maximum atomic E-state index is 12.6. The van der Waals surface area contributed by atoms with Gasteiger partial charge in [-0.25, -0.2) is 0 Å². The number of rotatable bonds is 4. The van der Waals surface area contributed by atoms with Crippen molar-refractivity contribution in [2.75, 3.05) is 31.1 Å². The highest BCUT2D eigenvalue weighted by atomic mass is 19.4. The lowest BCUT2D eigenvalue weighted by molar-refractivity contribution is -0.137. The smallest absolute Gasteiger partial charge is 0.368 e. The summed E-state index contributed by atoms with van der Waals surface area (Å²) < 4.78 is 37.8. The minimum Gasteiger partial charge on any atom is -0.368 e. The van der Waals surface area contributed by atoms with Crippen LogP contribution in [0, 0.1) is 0 Å². The molecule has 0 saturated carbocycles. The number of hydrogen-bond acceptors (Lipinski definition) is 3. The highest BCUT2D eigenvalue weighted by Gasteiger charge is 2.29. The molecule has 0 atom stereocenters. The van der Waals surface area contributed by atoms with Crippen molar-refractivity contribution in [1.82, 2.24) is 4.90 Å². The van der Waals surface area contributed by atoms with E-state index in [0.29, 0.717) is 37.3 Å². The zero-order chi connectivity index (χ0) is 21.0. The van der Waals surface area contributed by atoms with E-state index < -0.39 is 11.7 Å². The molecule has 29 heavy (non-hydrogen) atoms. The number of amides is 1. The lowest BCUT2D eigenvalue weighted by Crippen LogP contribution is -2.48. The van der Waals surface area contributed by atoms with Crippen molar-refractivity contribution >= 4 is 23.5 Å². The van der Waals surface area contributed by atoms with Crippen LogP contribution in [0.4, 0.5) is 18.9 Å². The Morgan fingerprint density at radius 3 is 2.00 bits per heavy atom. The third-order valence-corrected chi connectivity index (χ3v) is 4.89. The molecule has 0 N–H and O–H groups in total. The van der Waals surface area contributed by atoms with Crippen LogP contribution in [0.25, 0.3) is 6.08 Å². The van der Waals surface area contributed by atoms with Crippen LogP contribution in [-0.4, -0.2) is 42.8 Å². The summed E-state index contributed by atoms with van der Waals surface area (Å²) >= 11 is 0. The molecule has 1 heterocycles. The van der Waals surface area contributed by atoms with Gasteiger partial charge in [-0.3, -0.25) is 9.59 Å². The van der Waals surface area contributed by atoms with Crippen molar-refractivity contribution in [3.8, 4) is 0 Å². The van der Waals surface area contributed by atoms with Crippen LogP contribution in [0.5, 0.6) is 0 Å². The van der Waals surface area contributed by atoms with Crippen LogP contribution in [0.1, 0.15) is 28.4 Å². The van der Waals surface area contributed by atoms with Gasteiger partial charge in [-0.1, -0.05) is 12.1 Å². The van der Waals surface area contributed by atoms with Crippen molar-refractivity contribution in [2.24, 2.45) is 0 Å². The summed E-state index contributed by atoms with van der Waals surface area (Å²) in [7, 11) is 0. The molecule has 0 bridgehead atoms. The molecular weight excluding hydrogens is 381 g/mol. The molecule has 0 spiro atoms. The lowest BCUT2D eigenvalue weighted by Gasteiger charge is -2.35. The largest absolute Gasteiger partial charge is 0.416 e. The van der Waals surface area contributed by atoms with Crippen molar-refractivity contribution in [3.05, 3.63) is 71.3 Å². The zero-order valence-corrected chi connectivity index (χ0v) is 15.9. The van der Waals surface area contributed by atoms with Gasteiger partial charge in [0.2, 0.25) is 5.91 Å². The molecule has 1 amide bonds. The van der Waals surface area contributed by atoms with Crippen molar-refractivity contribution < 1.29 is 22.8 Å². The van der Waals surface area contributed by atoms with Crippen LogP contribution in [0.3, 0.4) is 0 Å². The van der Waals surface area contributed by atoms with Gasteiger partial charge in [0.15, 0.2) is 5.78 Å². The summed E-state index contributed by atoms with van der Waals surface area (Å²) in [4.78, 5) is 27.6. The average molecular weight is 402 g/mol. The SMILES string of the molecule is CC(=O)c1ccc(N2CCN(C(=O)/C=C/c3ccc(C(F)(F)F)cc3)CC2)cc1. The summed E-state index contributed by atoms with van der Waals surface area (Å²) in [6.45, 7) is 3.95. The molecule has 1 saturated heterocycles. The number of carbonyl (C=O) groups is 2. The molecular formula is C22H21F3N2O2. The van der Waals surface area contributed by atoms with Crippen molar-refractivity contribution in [1.29, 1.82) is 0 Å². The quantitative estimate of drug-likeness (QED) is 0.567. The van der Waals surface area contributed by atoms with Gasteiger partial charge in [-0.15, -0.1) is 0 Å². The third kappa shape index (κ3) is 5.25. The second-order valence-electron chi connectivity index (χ2n) is 6.87. The molecule has 1 fully saturated rings. The Morgan fingerprint density at radius 1 is 0.897 bits per heavy atom. The Morgan fingerprint density at radius 2 is 1.48 bits per heavy atom. The molecule has 152 valence electrons. The van der Waals surface area contributed by atoms with E-state index in [4.69, 9.17) is 0 Å². The van der Waals surface area contributed by atoms with Gasteiger partial charge in [0.1, 0.15) is 0 Å². The van der Waals surface area contributed by atoms with E-state index in [2.05, 4.69) is 4.90 Å². The molecule has 2 aromatic rings. The fraction of sp³-hybridized carbons (Fsp3) is 0.273. The van der Waals surface area contributed by atoms with Gasteiger partial charge in [0.25, 0.3) is 0 Å². The molecule has 3 rings (SSSR count). The van der Waals surface area contributed by atoms with E-state index in [1.807, 2.05) is 12.1 Å².